The van der Waals surface area contributed by atoms with Gasteiger partial charge in [-0.05, 0) is 69.2 Å². The predicted octanol–water partition coefficient (Wildman–Crippen LogP) is 3.10. The molecule has 0 saturated heterocycles. The molecule has 0 aliphatic carbocycles. The lowest BCUT2D eigenvalue weighted by molar-refractivity contribution is -0.128. The predicted molar refractivity (Wildman–Crippen MR) is 109 cm³/mol. The molecule has 3 amide bonds. The van der Waals surface area contributed by atoms with Crippen LogP contribution in [-0.4, -0.2) is 30.6 Å². The Labute approximate surface area is 169 Å². The van der Waals surface area contributed by atoms with Gasteiger partial charge in [-0.25, -0.2) is 4.79 Å². The van der Waals surface area contributed by atoms with E-state index < -0.39 is 24.0 Å². The van der Waals surface area contributed by atoms with Gasteiger partial charge in [0.2, 0.25) is 0 Å². The number of benzene rings is 2. The molecule has 8 heteroatoms. The van der Waals surface area contributed by atoms with Crippen molar-refractivity contribution in [2.24, 2.45) is 0 Å². The summed E-state index contributed by atoms with van der Waals surface area (Å²) in [5.74, 6) is -0.372. The first-order valence-electron chi connectivity index (χ1n) is 9.18. The number of rotatable bonds is 6. The maximum Gasteiger partial charge on any atom is 0.411 e. The minimum Gasteiger partial charge on any atom is -0.481 e. The second-order valence-electron chi connectivity index (χ2n) is 6.32. The van der Waals surface area contributed by atoms with Crippen molar-refractivity contribution in [3.05, 3.63) is 59.2 Å². The first-order valence-corrected chi connectivity index (χ1v) is 9.18. The van der Waals surface area contributed by atoms with Crippen LogP contribution >= 0.6 is 0 Å². The Morgan fingerprint density at radius 2 is 1.69 bits per heavy atom. The van der Waals surface area contributed by atoms with Crippen LogP contribution in [0.15, 0.2) is 42.5 Å². The Hall–Kier alpha value is -3.55. The fourth-order valence-corrected chi connectivity index (χ4v) is 2.38. The smallest absolute Gasteiger partial charge is 0.411 e. The van der Waals surface area contributed by atoms with Gasteiger partial charge in [-0.1, -0.05) is 12.1 Å². The summed E-state index contributed by atoms with van der Waals surface area (Å²) < 4.78 is 10.5. The molecule has 0 aliphatic heterocycles. The highest BCUT2D eigenvalue weighted by Gasteiger charge is 2.17. The minimum absolute atomic E-state index is 0.262. The topological polar surface area (TPSA) is 106 Å². The van der Waals surface area contributed by atoms with E-state index in [-0.39, 0.29) is 6.61 Å². The lowest BCUT2D eigenvalue weighted by Gasteiger charge is -2.17. The maximum atomic E-state index is 12.2. The Bertz CT molecular complexity index is 880. The molecule has 0 saturated carbocycles. The van der Waals surface area contributed by atoms with Crippen LogP contribution in [0.25, 0.3) is 0 Å². The molecule has 0 heterocycles. The lowest BCUT2D eigenvalue weighted by atomic mass is 10.1. The average Bonchev–Trinajstić information content (AvgIpc) is 2.70. The summed E-state index contributed by atoms with van der Waals surface area (Å²) in [6.45, 7) is 7.43. The van der Waals surface area contributed by atoms with Gasteiger partial charge in [-0.3, -0.25) is 25.8 Å². The van der Waals surface area contributed by atoms with Gasteiger partial charge in [0.15, 0.2) is 6.10 Å². The van der Waals surface area contributed by atoms with Crippen molar-refractivity contribution < 1.29 is 23.9 Å². The van der Waals surface area contributed by atoms with Crippen LogP contribution in [0.5, 0.6) is 5.75 Å². The number of anilines is 1. The highest BCUT2D eigenvalue weighted by Crippen LogP contribution is 2.21. The molecule has 8 nitrogen and oxygen atoms in total. The number of carbonyl (C=O) groups excluding carboxylic acids is 3. The van der Waals surface area contributed by atoms with Gasteiger partial charge in [0, 0.05) is 11.3 Å². The highest BCUT2D eigenvalue weighted by atomic mass is 16.5. The zero-order valence-corrected chi connectivity index (χ0v) is 16.9. The zero-order valence-electron chi connectivity index (χ0n) is 16.9. The largest absolute Gasteiger partial charge is 0.481 e. The van der Waals surface area contributed by atoms with Crippen molar-refractivity contribution >= 4 is 23.6 Å². The highest BCUT2D eigenvalue weighted by molar-refractivity contribution is 5.96. The van der Waals surface area contributed by atoms with E-state index in [1.165, 1.54) is 12.1 Å². The molecule has 3 N–H and O–H groups in total. The third kappa shape index (κ3) is 6.24. The van der Waals surface area contributed by atoms with Gasteiger partial charge >= 0.3 is 6.09 Å². The second kappa shape index (κ2) is 10.1. The van der Waals surface area contributed by atoms with Crippen LogP contribution < -0.4 is 20.9 Å². The van der Waals surface area contributed by atoms with Crippen LogP contribution in [0.3, 0.4) is 0 Å². The molecule has 2 aromatic rings. The molecule has 2 rings (SSSR count). The van der Waals surface area contributed by atoms with Crippen LogP contribution in [-0.2, 0) is 9.53 Å². The van der Waals surface area contributed by atoms with Gasteiger partial charge in [-0.2, -0.15) is 0 Å². The lowest BCUT2D eigenvalue weighted by Crippen LogP contribution is -2.47. The standard InChI is InChI=1S/C21H25N3O5/c1-5-28-21(27)22-17-11-9-16(10-12-17)20(26)24-23-19(25)15(4)29-18-8-6-7-13(2)14(18)3/h6-12,15H,5H2,1-4H3,(H,22,27)(H,23,25)(H,24,26)/t15-/m1/s1. The Balaban J connectivity index is 1.86. The molecule has 0 radical (unpaired) electrons. The maximum absolute atomic E-state index is 12.2. The van der Waals surface area contributed by atoms with Crippen molar-refractivity contribution in [3.63, 3.8) is 0 Å². The molecule has 0 fully saturated rings. The molecular formula is C21H25N3O5. The summed E-state index contributed by atoms with van der Waals surface area (Å²) in [6, 6.07) is 11.7. The third-order valence-electron chi connectivity index (χ3n) is 4.20. The fraction of sp³-hybridized carbons (Fsp3) is 0.286. The first-order chi connectivity index (χ1) is 13.8. The third-order valence-corrected chi connectivity index (χ3v) is 4.20. The zero-order chi connectivity index (χ0) is 21.4. The summed E-state index contributed by atoms with van der Waals surface area (Å²) in [7, 11) is 0. The normalized spacial score (nSPS) is 11.2. The molecule has 2 aromatic carbocycles. The van der Waals surface area contributed by atoms with Gasteiger partial charge in [-0.15, -0.1) is 0 Å². The van der Waals surface area contributed by atoms with E-state index >= 15 is 0 Å². The SMILES string of the molecule is CCOC(=O)Nc1ccc(C(=O)NNC(=O)[C@@H](C)Oc2cccc(C)c2C)cc1. The Kier molecular flexibility index (Phi) is 7.59. The number of carbonyl (C=O) groups is 3. The van der Waals surface area contributed by atoms with Gasteiger partial charge in [0.1, 0.15) is 5.75 Å². The van der Waals surface area contributed by atoms with Gasteiger partial charge in [0.25, 0.3) is 11.8 Å². The van der Waals surface area contributed by atoms with E-state index in [4.69, 9.17) is 9.47 Å². The summed E-state index contributed by atoms with van der Waals surface area (Å²) >= 11 is 0. The monoisotopic (exact) mass is 399 g/mol. The van der Waals surface area contributed by atoms with Gasteiger partial charge in [0.05, 0.1) is 6.61 Å². The van der Waals surface area contributed by atoms with Crippen LogP contribution in [0.2, 0.25) is 0 Å². The molecule has 0 aromatic heterocycles. The molecular weight excluding hydrogens is 374 g/mol. The Morgan fingerprint density at radius 3 is 2.34 bits per heavy atom. The number of hydrazine groups is 1. The second-order valence-corrected chi connectivity index (χ2v) is 6.32. The number of amides is 3. The summed E-state index contributed by atoms with van der Waals surface area (Å²) in [5, 5.41) is 2.53. The molecule has 29 heavy (non-hydrogen) atoms. The van der Waals surface area contributed by atoms with E-state index in [9.17, 15) is 14.4 Å². The van der Waals surface area contributed by atoms with E-state index in [0.29, 0.717) is 17.0 Å². The quantitative estimate of drug-likeness (QED) is 0.647. The summed E-state index contributed by atoms with van der Waals surface area (Å²) in [6.07, 6.45) is -1.37. The van der Waals surface area contributed by atoms with E-state index in [2.05, 4.69) is 16.2 Å². The van der Waals surface area contributed by atoms with Gasteiger partial charge < -0.3 is 9.47 Å². The van der Waals surface area contributed by atoms with Crippen LogP contribution in [0, 0.1) is 13.8 Å². The van der Waals surface area contributed by atoms with Crippen molar-refractivity contribution in [1.82, 2.24) is 10.9 Å². The number of hydrogen-bond acceptors (Lipinski definition) is 5. The Morgan fingerprint density at radius 1 is 1.00 bits per heavy atom. The van der Waals surface area contributed by atoms with E-state index in [0.717, 1.165) is 11.1 Å². The number of nitrogens with one attached hydrogen (secondary N) is 3. The molecule has 0 bridgehead atoms. The summed E-state index contributed by atoms with van der Waals surface area (Å²) in [4.78, 5) is 35.8. The van der Waals surface area contributed by atoms with Crippen molar-refractivity contribution in [2.75, 3.05) is 11.9 Å². The number of ether oxygens (including phenoxy) is 2. The summed E-state index contributed by atoms with van der Waals surface area (Å²) in [5.41, 5.74) is 7.49. The molecule has 0 aliphatic rings. The molecule has 0 unspecified atom stereocenters. The van der Waals surface area contributed by atoms with E-state index in [1.807, 2.05) is 26.0 Å². The average molecular weight is 399 g/mol. The van der Waals surface area contributed by atoms with E-state index in [1.54, 1.807) is 32.0 Å². The number of hydrogen-bond donors (Lipinski definition) is 3. The first kappa shape index (κ1) is 21.7. The number of aryl methyl sites for hydroxylation is 1. The van der Waals surface area contributed by atoms with Crippen molar-refractivity contribution in [3.8, 4) is 5.75 Å². The van der Waals surface area contributed by atoms with Crippen molar-refractivity contribution in [2.45, 2.75) is 33.8 Å². The van der Waals surface area contributed by atoms with Crippen LogP contribution in [0.4, 0.5) is 10.5 Å². The van der Waals surface area contributed by atoms with Crippen molar-refractivity contribution in [1.29, 1.82) is 0 Å². The fourth-order valence-electron chi connectivity index (χ4n) is 2.38. The molecule has 0 spiro atoms. The minimum atomic E-state index is -0.799. The molecule has 154 valence electrons. The van der Waals surface area contributed by atoms with Crippen LogP contribution in [0.1, 0.15) is 35.3 Å². The molecule has 1 atom stereocenters.